The van der Waals surface area contributed by atoms with Crippen molar-refractivity contribution in [3.8, 4) is 0 Å². The number of carbonyl (C=O) groups is 3. The van der Waals surface area contributed by atoms with E-state index in [2.05, 4.69) is 34.6 Å². The summed E-state index contributed by atoms with van der Waals surface area (Å²) < 4.78 is 16.9. The Bertz CT molecular complexity index is 947. The Balaban J connectivity index is 4.31. The van der Waals surface area contributed by atoms with Gasteiger partial charge in [-0.1, -0.05) is 272 Å². The lowest BCUT2D eigenvalue weighted by Gasteiger charge is -2.18. The molecule has 0 saturated carbocycles. The third kappa shape index (κ3) is 49.4. The molecule has 0 aromatic rings. The molecule has 0 bridgehead atoms. The van der Waals surface area contributed by atoms with E-state index in [1.807, 2.05) is 0 Å². The quantitative estimate of drug-likeness (QED) is 0.0344. The van der Waals surface area contributed by atoms with Crippen LogP contribution in [-0.2, 0) is 28.6 Å². The summed E-state index contributed by atoms with van der Waals surface area (Å²) in [5, 5.41) is 0. The molecule has 0 saturated heterocycles. The molecular weight excluding hydrogens is 769 g/mol. The molecule has 0 aliphatic rings. The molecule has 0 radical (unpaired) electrons. The predicted molar refractivity (Wildman–Crippen MR) is 266 cm³/mol. The topological polar surface area (TPSA) is 78.9 Å². The molecule has 6 heteroatoms. The lowest BCUT2D eigenvalue weighted by atomic mass is 10.0. The first-order chi connectivity index (χ1) is 30.2. The summed E-state index contributed by atoms with van der Waals surface area (Å²) in [6.07, 6.45) is 50.9. The molecule has 0 aliphatic heterocycles. The van der Waals surface area contributed by atoms with Gasteiger partial charge in [0.15, 0.2) is 6.10 Å². The number of ether oxygens (including phenoxy) is 3. The SMILES string of the molecule is CCCCCCCCCCCCCCCCCC(=O)O[C@@H](COC(=O)CCCCCCCCCCCCCCCC(C)C)COC(=O)CCCCCCCCCCCCC(C)C. The van der Waals surface area contributed by atoms with Crippen LogP contribution in [0, 0.1) is 11.8 Å². The minimum absolute atomic E-state index is 0.0631. The normalized spacial score (nSPS) is 12.0. The number of unbranched alkanes of at least 4 members (excludes halogenated alkanes) is 35. The van der Waals surface area contributed by atoms with E-state index in [9.17, 15) is 14.4 Å². The van der Waals surface area contributed by atoms with Crippen molar-refractivity contribution in [3.05, 3.63) is 0 Å². The van der Waals surface area contributed by atoms with Gasteiger partial charge < -0.3 is 14.2 Å². The lowest BCUT2D eigenvalue weighted by Crippen LogP contribution is -2.30. The zero-order valence-corrected chi connectivity index (χ0v) is 42.5. The zero-order valence-electron chi connectivity index (χ0n) is 42.5. The molecule has 0 spiro atoms. The molecule has 62 heavy (non-hydrogen) atoms. The van der Waals surface area contributed by atoms with Gasteiger partial charge in [-0.3, -0.25) is 14.4 Å². The van der Waals surface area contributed by atoms with Crippen LogP contribution in [0.1, 0.15) is 311 Å². The van der Waals surface area contributed by atoms with Gasteiger partial charge >= 0.3 is 17.9 Å². The minimum atomic E-state index is -0.762. The van der Waals surface area contributed by atoms with Crippen LogP contribution >= 0.6 is 0 Å². The second kappa shape index (κ2) is 48.9. The zero-order chi connectivity index (χ0) is 45.4. The molecule has 0 heterocycles. The number of hydrogen-bond donors (Lipinski definition) is 0. The highest BCUT2D eigenvalue weighted by molar-refractivity contribution is 5.71. The summed E-state index contributed by atoms with van der Waals surface area (Å²) in [5.74, 6) is 0.816. The van der Waals surface area contributed by atoms with Crippen LogP contribution < -0.4 is 0 Å². The minimum Gasteiger partial charge on any atom is -0.462 e. The van der Waals surface area contributed by atoms with Gasteiger partial charge in [-0.05, 0) is 31.1 Å². The van der Waals surface area contributed by atoms with Crippen molar-refractivity contribution in [1.29, 1.82) is 0 Å². The number of carbonyl (C=O) groups excluding carboxylic acids is 3. The summed E-state index contributed by atoms with van der Waals surface area (Å²) in [5.41, 5.74) is 0. The van der Waals surface area contributed by atoms with Crippen LogP contribution in [0.3, 0.4) is 0 Å². The van der Waals surface area contributed by atoms with E-state index in [0.717, 1.165) is 69.6 Å². The fraction of sp³-hybridized carbons (Fsp3) is 0.946. The van der Waals surface area contributed by atoms with E-state index in [1.54, 1.807) is 0 Å². The summed E-state index contributed by atoms with van der Waals surface area (Å²) in [7, 11) is 0. The predicted octanol–water partition coefficient (Wildman–Crippen LogP) is 18.1. The van der Waals surface area contributed by atoms with Gasteiger partial charge in [0.1, 0.15) is 13.2 Å². The van der Waals surface area contributed by atoms with E-state index < -0.39 is 6.10 Å². The Morgan fingerprint density at radius 1 is 0.306 bits per heavy atom. The molecule has 0 aromatic carbocycles. The average molecular weight is 877 g/mol. The van der Waals surface area contributed by atoms with Crippen LogP contribution in [0.5, 0.6) is 0 Å². The smallest absolute Gasteiger partial charge is 0.306 e. The van der Waals surface area contributed by atoms with Crippen LogP contribution in [0.15, 0.2) is 0 Å². The van der Waals surface area contributed by atoms with Crippen LogP contribution in [0.25, 0.3) is 0 Å². The molecule has 0 amide bonds. The lowest BCUT2D eigenvalue weighted by molar-refractivity contribution is -0.167. The fourth-order valence-electron chi connectivity index (χ4n) is 8.52. The van der Waals surface area contributed by atoms with Crippen molar-refractivity contribution in [3.63, 3.8) is 0 Å². The van der Waals surface area contributed by atoms with Gasteiger partial charge in [-0.25, -0.2) is 0 Å². The summed E-state index contributed by atoms with van der Waals surface area (Å²) in [4.78, 5) is 38.1. The summed E-state index contributed by atoms with van der Waals surface area (Å²) in [6, 6.07) is 0. The van der Waals surface area contributed by atoms with Gasteiger partial charge in [0.05, 0.1) is 0 Å². The van der Waals surface area contributed by atoms with Crippen molar-refractivity contribution < 1.29 is 28.6 Å². The van der Waals surface area contributed by atoms with E-state index in [0.29, 0.717) is 19.3 Å². The third-order valence-electron chi connectivity index (χ3n) is 12.7. The summed E-state index contributed by atoms with van der Waals surface area (Å²) in [6.45, 7) is 11.4. The molecule has 368 valence electrons. The third-order valence-corrected chi connectivity index (χ3v) is 12.7. The molecule has 0 unspecified atom stereocenters. The number of esters is 3. The molecule has 0 fully saturated rings. The largest absolute Gasteiger partial charge is 0.462 e. The van der Waals surface area contributed by atoms with Crippen molar-refractivity contribution in [2.45, 2.75) is 317 Å². The van der Waals surface area contributed by atoms with Crippen LogP contribution in [0.4, 0.5) is 0 Å². The molecule has 1 atom stereocenters. The Morgan fingerprint density at radius 3 is 0.790 bits per heavy atom. The Labute approximate surface area is 387 Å². The maximum Gasteiger partial charge on any atom is 0.306 e. The monoisotopic (exact) mass is 877 g/mol. The van der Waals surface area contributed by atoms with E-state index in [4.69, 9.17) is 14.2 Å². The van der Waals surface area contributed by atoms with Crippen molar-refractivity contribution in [2.24, 2.45) is 11.8 Å². The summed E-state index contributed by atoms with van der Waals surface area (Å²) >= 11 is 0. The van der Waals surface area contributed by atoms with Crippen molar-refractivity contribution in [1.82, 2.24) is 0 Å². The second-order valence-corrected chi connectivity index (χ2v) is 20.2. The molecular formula is C56H108O6. The maximum atomic E-state index is 12.8. The highest BCUT2D eigenvalue weighted by atomic mass is 16.6. The Kier molecular flexibility index (Phi) is 47.6. The van der Waals surface area contributed by atoms with Crippen LogP contribution in [0.2, 0.25) is 0 Å². The van der Waals surface area contributed by atoms with Gasteiger partial charge in [0, 0.05) is 19.3 Å². The van der Waals surface area contributed by atoms with E-state index in [-0.39, 0.29) is 31.1 Å². The molecule has 0 N–H and O–H groups in total. The van der Waals surface area contributed by atoms with Gasteiger partial charge in [0.2, 0.25) is 0 Å². The Hall–Kier alpha value is -1.59. The molecule has 0 aliphatic carbocycles. The second-order valence-electron chi connectivity index (χ2n) is 20.2. The molecule has 0 rings (SSSR count). The molecule has 0 aromatic heterocycles. The number of rotatable bonds is 50. The Morgan fingerprint density at radius 2 is 0.532 bits per heavy atom. The first-order valence-corrected chi connectivity index (χ1v) is 27.7. The van der Waals surface area contributed by atoms with Gasteiger partial charge in [-0.2, -0.15) is 0 Å². The highest BCUT2D eigenvalue weighted by Gasteiger charge is 2.19. The van der Waals surface area contributed by atoms with Crippen molar-refractivity contribution >= 4 is 17.9 Å². The fourth-order valence-corrected chi connectivity index (χ4v) is 8.52. The maximum absolute atomic E-state index is 12.8. The van der Waals surface area contributed by atoms with Gasteiger partial charge in [-0.15, -0.1) is 0 Å². The first-order valence-electron chi connectivity index (χ1n) is 27.7. The van der Waals surface area contributed by atoms with Gasteiger partial charge in [0.25, 0.3) is 0 Å². The van der Waals surface area contributed by atoms with E-state index in [1.165, 1.54) is 199 Å². The highest BCUT2D eigenvalue weighted by Crippen LogP contribution is 2.18. The first kappa shape index (κ1) is 60.4. The van der Waals surface area contributed by atoms with E-state index >= 15 is 0 Å². The van der Waals surface area contributed by atoms with Crippen molar-refractivity contribution in [2.75, 3.05) is 13.2 Å². The number of hydrogen-bond acceptors (Lipinski definition) is 6. The molecule has 6 nitrogen and oxygen atoms in total. The van der Waals surface area contributed by atoms with Crippen LogP contribution in [-0.4, -0.2) is 37.2 Å². The standard InChI is InChI=1S/C56H108O6/c1-6-7-8-9-10-11-12-13-14-17-21-28-33-38-43-48-56(59)62-53(50-61-55(58)47-42-37-32-27-23-22-25-30-35-40-45-52(4)5)49-60-54(57)46-41-36-31-26-20-18-15-16-19-24-29-34-39-44-51(2)3/h51-53H,6-50H2,1-5H3/t53-/m0/s1. The average Bonchev–Trinajstić information content (AvgIpc) is 3.24.